The third-order valence-corrected chi connectivity index (χ3v) is 3.08. The summed E-state index contributed by atoms with van der Waals surface area (Å²) in [6.07, 6.45) is 1.24. The summed E-state index contributed by atoms with van der Waals surface area (Å²) in [7, 11) is 0. The molecule has 22 heavy (non-hydrogen) atoms. The van der Waals surface area contributed by atoms with Crippen LogP contribution >= 0.6 is 0 Å². The van der Waals surface area contributed by atoms with Crippen LogP contribution in [0.3, 0.4) is 0 Å². The predicted molar refractivity (Wildman–Crippen MR) is 83.5 cm³/mol. The van der Waals surface area contributed by atoms with Gasteiger partial charge in [-0.15, -0.1) is 0 Å². The van der Waals surface area contributed by atoms with Crippen molar-refractivity contribution < 1.29 is 9.66 Å². The second kappa shape index (κ2) is 6.84. The molecular formula is C15H18N4O3. The van der Waals surface area contributed by atoms with Crippen LogP contribution in [0.5, 0.6) is 11.6 Å². The third-order valence-electron chi connectivity index (χ3n) is 3.08. The molecule has 0 radical (unpaired) electrons. The summed E-state index contributed by atoms with van der Waals surface area (Å²) in [5.74, 6) is 0.973. The van der Waals surface area contributed by atoms with E-state index in [-0.39, 0.29) is 17.4 Å². The normalized spacial score (nSPS) is 10.5. The van der Waals surface area contributed by atoms with Crippen LogP contribution in [0.15, 0.2) is 30.6 Å². The average molecular weight is 302 g/mol. The maximum atomic E-state index is 11.3. The summed E-state index contributed by atoms with van der Waals surface area (Å²) in [5, 5.41) is 14.1. The molecule has 7 nitrogen and oxygen atoms in total. The second-order valence-corrected chi connectivity index (χ2v) is 4.99. The Morgan fingerprint density at radius 1 is 1.27 bits per heavy atom. The van der Waals surface area contributed by atoms with Gasteiger partial charge < -0.3 is 10.1 Å². The highest BCUT2D eigenvalue weighted by atomic mass is 16.6. The number of hydrogen-bond donors (Lipinski definition) is 1. The molecule has 1 heterocycles. The lowest BCUT2D eigenvalue weighted by Gasteiger charge is -2.09. The molecule has 1 N–H and O–H groups in total. The first-order chi connectivity index (χ1) is 10.5. The summed E-state index contributed by atoms with van der Waals surface area (Å²) in [6.45, 7) is 6.53. The van der Waals surface area contributed by atoms with Gasteiger partial charge in [-0.3, -0.25) is 10.1 Å². The maximum Gasteiger partial charge on any atom is 0.373 e. The first-order valence-electron chi connectivity index (χ1n) is 7.04. The summed E-state index contributed by atoms with van der Waals surface area (Å²) in [5.41, 5.74) is 0.898. The zero-order valence-electron chi connectivity index (χ0n) is 12.7. The number of nitro groups is 1. The minimum Gasteiger partial charge on any atom is -0.434 e. The van der Waals surface area contributed by atoms with Crippen LogP contribution in [0.1, 0.15) is 32.3 Å². The van der Waals surface area contributed by atoms with E-state index in [2.05, 4.69) is 29.1 Å². The molecular weight excluding hydrogens is 284 g/mol. The number of rotatable bonds is 6. The van der Waals surface area contributed by atoms with Gasteiger partial charge in [-0.25, -0.2) is 4.98 Å². The van der Waals surface area contributed by atoms with E-state index in [1.54, 1.807) is 12.1 Å². The van der Waals surface area contributed by atoms with Gasteiger partial charge in [0.15, 0.2) is 0 Å². The first-order valence-corrected chi connectivity index (χ1v) is 7.04. The Morgan fingerprint density at radius 2 is 1.95 bits per heavy atom. The molecule has 0 aliphatic carbocycles. The van der Waals surface area contributed by atoms with Crippen LogP contribution in [0.4, 0.5) is 11.5 Å². The topological polar surface area (TPSA) is 90.2 Å². The van der Waals surface area contributed by atoms with Crippen molar-refractivity contribution in [2.75, 3.05) is 11.9 Å². The number of aromatic nitrogens is 2. The molecule has 2 aromatic rings. The number of hydrogen-bond acceptors (Lipinski definition) is 6. The van der Waals surface area contributed by atoms with Crippen LogP contribution in [-0.2, 0) is 0 Å². The molecule has 116 valence electrons. The van der Waals surface area contributed by atoms with E-state index in [1.165, 1.54) is 6.33 Å². The van der Waals surface area contributed by atoms with Crippen molar-refractivity contribution in [3.8, 4) is 11.6 Å². The van der Waals surface area contributed by atoms with Crippen molar-refractivity contribution in [3.05, 3.63) is 46.3 Å². The number of benzene rings is 1. The van der Waals surface area contributed by atoms with E-state index in [0.29, 0.717) is 18.2 Å². The molecule has 1 aromatic heterocycles. The SMILES string of the molecule is CCNc1ncnc(Oc2ccc(C(C)C)cc2)c1[N+](=O)[O-]. The molecule has 0 aliphatic heterocycles. The second-order valence-electron chi connectivity index (χ2n) is 4.99. The molecule has 0 unspecified atom stereocenters. The van der Waals surface area contributed by atoms with E-state index < -0.39 is 4.92 Å². The zero-order chi connectivity index (χ0) is 16.1. The highest BCUT2D eigenvalue weighted by Crippen LogP contribution is 2.34. The van der Waals surface area contributed by atoms with Gasteiger partial charge in [0.25, 0.3) is 0 Å². The molecule has 0 spiro atoms. The van der Waals surface area contributed by atoms with Crippen molar-refractivity contribution >= 4 is 11.5 Å². The Hall–Kier alpha value is -2.70. The highest BCUT2D eigenvalue weighted by molar-refractivity contribution is 5.61. The Morgan fingerprint density at radius 3 is 2.50 bits per heavy atom. The first kappa shape index (κ1) is 15.7. The predicted octanol–water partition coefficient (Wildman–Crippen LogP) is 3.73. The van der Waals surface area contributed by atoms with Gasteiger partial charge in [0, 0.05) is 6.54 Å². The number of anilines is 1. The molecule has 0 saturated heterocycles. The molecule has 0 bridgehead atoms. The van der Waals surface area contributed by atoms with Crippen molar-refractivity contribution in [2.45, 2.75) is 26.7 Å². The fraction of sp³-hybridized carbons (Fsp3) is 0.333. The fourth-order valence-electron chi connectivity index (χ4n) is 1.93. The van der Waals surface area contributed by atoms with Gasteiger partial charge in [-0.1, -0.05) is 26.0 Å². The van der Waals surface area contributed by atoms with Crippen molar-refractivity contribution in [3.63, 3.8) is 0 Å². The van der Waals surface area contributed by atoms with E-state index in [0.717, 1.165) is 5.56 Å². The Balaban J connectivity index is 2.32. The van der Waals surface area contributed by atoms with Crippen LogP contribution in [0.25, 0.3) is 0 Å². The Bertz CT molecular complexity index is 656. The minimum atomic E-state index is -0.546. The molecule has 7 heteroatoms. The quantitative estimate of drug-likeness (QED) is 0.646. The van der Waals surface area contributed by atoms with Crippen LogP contribution in [-0.4, -0.2) is 21.4 Å². The van der Waals surface area contributed by atoms with Crippen molar-refractivity contribution in [1.29, 1.82) is 0 Å². The highest BCUT2D eigenvalue weighted by Gasteiger charge is 2.24. The minimum absolute atomic E-state index is 0.0757. The lowest BCUT2D eigenvalue weighted by Crippen LogP contribution is -2.06. The summed E-state index contributed by atoms with van der Waals surface area (Å²) in [6, 6.07) is 7.40. The molecule has 1 aromatic carbocycles. The fourth-order valence-corrected chi connectivity index (χ4v) is 1.93. The molecule has 0 aliphatic rings. The molecule has 0 saturated carbocycles. The maximum absolute atomic E-state index is 11.3. The standard InChI is InChI=1S/C15H18N4O3/c1-4-16-14-13(19(20)21)15(18-9-17-14)22-12-7-5-11(6-8-12)10(2)3/h5-10H,4H2,1-3H3,(H,16,17,18). The Kier molecular flexibility index (Phi) is 4.88. The largest absolute Gasteiger partial charge is 0.434 e. The van der Waals surface area contributed by atoms with Crippen LogP contribution in [0.2, 0.25) is 0 Å². The van der Waals surface area contributed by atoms with Crippen LogP contribution in [0, 0.1) is 10.1 Å². The monoisotopic (exact) mass is 302 g/mol. The zero-order valence-corrected chi connectivity index (χ0v) is 12.7. The number of nitrogens with one attached hydrogen (secondary N) is 1. The summed E-state index contributed by atoms with van der Waals surface area (Å²) < 4.78 is 5.56. The molecule has 0 amide bonds. The van der Waals surface area contributed by atoms with E-state index in [4.69, 9.17) is 4.74 Å². The van der Waals surface area contributed by atoms with Gasteiger partial charge in [0.05, 0.1) is 4.92 Å². The van der Waals surface area contributed by atoms with Crippen molar-refractivity contribution in [1.82, 2.24) is 9.97 Å². The lowest BCUT2D eigenvalue weighted by molar-refractivity contribution is -0.385. The summed E-state index contributed by atoms with van der Waals surface area (Å²) >= 11 is 0. The van der Waals surface area contributed by atoms with Gasteiger partial charge in [-0.2, -0.15) is 4.98 Å². The van der Waals surface area contributed by atoms with Gasteiger partial charge in [0.1, 0.15) is 12.1 Å². The Labute approximate surface area is 128 Å². The van der Waals surface area contributed by atoms with Gasteiger partial charge in [-0.05, 0) is 30.5 Å². The van der Waals surface area contributed by atoms with E-state index >= 15 is 0 Å². The molecule has 0 atom stereocenters. The van der Waals surface area contributed by atoms with Crippen LogP contribution < -0.4 is 10.1 Å². The van der Waals surface area contributed by atoms with Crippen molar-refractivity contribution in [2.24, 2.45) is 0 Å². The average Bonchev–Trinajstić information content (AvgIpc) is 2.48. The number of ether oxygens (including phenoxy) is 1. The molecule has 2 rings (SSSR count). The van der Waals surface area contributed by atoms with Gasteiger partial charge in [0.2, 0.25) is 5.82 Å². The van der Waals surface area contributed by atoms with E-state index in [9.17, 15) is 10.1 Å². The third kappa shape index (κ3) is 3.49. The van der Waals surface area contributed by atoms with E-state index in [1.807, 2.05) is 19.1 Å². The number of nitrogens with zero attached hydrogens (tertiary/aromatic N) is 3. The van der Waals surface area contributed by atoms with Gasteiger partial charge >= 0.3 is 11.6 Å². The lowest BCUT2D eigenvalue weighted by atomic mass is 10.0. The molecule has 0 fully saturated rings. The summed E-state index contributed by atoms with van der Waals surface area (Å²) in [4.78, 5) is 18.5. The smallest absolute Gasteiger partial charge is 0.373 e.